The molecule has 1 aliphatic carbocycles. The molecular formula is C26H34N4O4S. The van der Waals surface area contributed by atoms with Crippen molar-refractivity contribution in [3.63, 3.8) is 0 Å². The van der Waals surface area contributed by atoms with Gasteiger partial charge < -0.3 is 20.3 Å². The normalized spacial score (nSPS) is 24.9. The van der Waals surface area contributed by atoms with Crippen LogP contribution < -0.4 is 10.6 Å². The van der Waals surface area contributed by atoms with E-state index in [1.54, 1.807) is 17.2 Å². The number of aromatic nitrogens is 1. The predicted octanol–water partition coefficient (Wildman–Crippen LogP) is 3.24. The van der Waals surface area contributed by atoms with Gasteiger partial charge in [0.2, 0.25) is 5.91 Å². The van der Waals surface area contributed by atoms with Crippen molar-refractivity contribution >= 4 is 29.1 Å². The van der Waals surface area contributed by atoms with Crippen LogP contribution in [-0.4, -0.2) is 65.0 Å². The van der Waals surface area contributed by atoms with Crippen molar-refractivity contribution in [3.8, 4) is 10.6 Å². The zero-order valence-electron chi connectivity index (χ0n) is 20.7. The minimum atomic E-state index is -0.591. The summed E-state index contributed by atoms with van der Waals surface area (Å²) in [7, 11) is 1.40. The first-order chi connectivity index (χ1) is 16.7. The summed E-state index contributed by atoms with van der Waals surface area (Å²) in [6.45, 7) is 6.84. The van der Waals surface area contributed by atoms with E-state index in [1.165, 1.54) is 18.4 Å². The van der Waals surface area contributed by atoms with Crippen molar-refractivity contribution in [2.24, 2.45) is 5.92 Å². The molecule has 0 unspecified atom stereocenters. The Balaban J connectivity index is 1.41. The Morgan fingerprint density at radius 1 is 1.14 bits per heavy atom. The van der Waals surface area contributed by atoms with Crippen LogP contribution in [0.2, 0.25) is 0 Å². The molecule has 4 atom stereocenters. The molecule has 35 heavy (non-hydrogen) atoms. The second-order valence-corrected chi connectivity index (χ2v) is 11.4. The van der Waals surface area contributed by atoms with Crippen molar-refractivity contribution in [2.45, 2.75) is 70.1 Å². The summed E-state index contributed by atoms with van der Waals surface area (Å²) in [5, 5.41) is 6.49. The highest BCUT2D eigenvalue weighted by Gasteiger charge is 2.45. The van der Waals surface area contributed by atoms with Gasteiger partial charge in [-0.05, 0) is 70.7 Å². The SMILES string of the molecule is COC(=O)[C@@H]1C[C@H](NC(C)(C)C)CC[C@@H]1N1CC[C@H](NC(=O)c2ccc(-c3ccccn3)s2)C1=O. The number of carbonyl (C=O) groups is 3. The van der Waals surface area contributed by atoms with Gasteiger partial charge in [0, 0.05) is 30.4 Å². The van der Waals surface area contributed by atoms with Crippen LogP contribution in [0, 0.1) is 5.92 Å². The second-order valence-electron chi connectivity index (χ2n) is 10.3. The number of nitrogens with one attached hydrogen (secondary N) is 2. The molecule has 0 aromatic carbocycles. The minimum Gasteiger partial charge on any atom is -0.469 e. The van der Waals surface area contributed by atoms with Crippen molar-refractivity contribution in [3.05, 3.63) is 41.4 Å². The Labute approximate surface area is 210 Å². The molecule has 1 saturated carbocycles. The van der Waals surface area contributed by atoms with Crippen LogP contribution in [-0.2, 0) is 14.3 Å². The van der Waals surface area contributed by atoms with Gasteiger partial charge in [-0.1, -0.05) is 6.07 Å². The number of thiophene rings is 1. The molecular weight excluding hydrogens is 464 g/mol. The molecule has 8 nitrogen and oxygen atoms in total. The van der Waals surface area contributed by atoms with E-state index < -0.39 is 6.04 Å². The number of pyridine rings is 1. The summed E-state index contributed by atoms with van der Waals surface area (Å²) in [6.07, 6.45) is 4.47. The second kappa shape index (κ2) is 10.5. The van der Waals surface area contributed by atoms with Crippen molar-refractivity contribution in [2.75, 3.05) is 13.7 Å². The smallest absolute Gasteiger partial charge is 0.310 e. The number of amides is 2. The van der Waals surface area contributed by atoms with Crippen LogP contribution >= 0.6 is 11.3 Å². The van der Waals surface area contributed by atoms with Crippen LogP contribution in [0.1, 0.15) is 56.1 Å². The average Bonchev–Trinajstić information content (AvgIpc) is 3.46. The highest BCUT2D eigenvalue weighted by Crippen LogP contribution is 2.33. The Bertz CT molecular complexity index is 1060. The van der Waals surface area contributed by atoms with Gasteiger partial charge in [0.05, 0.1) is 28.5 Å². The van der Waals surface area contributed by atoms with E-state index in [9.17, 15) is 14.4 Å². The van der Waals surface area contributed by atoms with E-state index >= 15 is 0 Å². The van der Waals surface area contributed by atoms with Crippen molar-refractivity contribution in [1.29, 1.82) is 0 Å². The third-order valence-electron chi connectivity index (χ3n) is 6.65. The van der Waals surface area contributed by atoms with Gasteiger partial charge in [-0.2, -0.15) is 0 Å². The van der Waals surface area contributed by atoms with Gasteiger partial charge in [0.1, 0.15) is 6.04 Å². The van der Waals surface area contributed by atoms with E-state index in [2.05, 4.69) is 36.4 Å². The lowest BCUT2D eigenvalue weighted by atomic mass is 9.80. The first kappa shape index (κ1) is 25.3. The predicted molar refractivity (Wildman–Crippen MR) is 135 cm³/mol. The van der Waals surface area contributed by atoms with Gasteiger partial charge in [-0.3, -0.25) is 19.4 Å². The summed E-state index contributed by atoms with van der Waals surface area (Å²) < 4.78 is 5.10. The zero-order chi connectivity index (χ0) is 25.2. The molecule has 2 aliphatic rings. The van der Waals surface area contributed by atoms with E-state index in [4.69, 9.17) is 4.74 Å². The fraction of sp³-hybridized carbons (Fsp3) is 0.538. The fourth-order valence-corrected chi connectivity index (χ4v) is 6.06. The number of likely N-dealkylation sites (tertiary alicyclic amines) is 1. The number of carbonyl (C=O) groups excluding carboxylic acids is 3. The molecule has 2 fully saturated rings. The number of hydrogen-bond acceptors (Lipinski definition) is 7. The summed E-state index contributed by atoms with van der Waals surface area (Å²) in [5.41, 5.74) is 0.750. The lowest BCUT2D eigenvalue weighted by Gasteiger charge is -2.41. The number of rotatable bonds is 6. The molecule has 2 aromatic rings. The lowest BCUT2D eigenvalue weighted by Crippen LogP contribution is -2.55. The highest BCUT2D eigenvalue weighted by molar-refractivity contribution is 7.17. The average molecular weight is 499 g/mol. The first-order valence-electron chi connectivity index (χ1n) is 12.1. The molecule has 2 aromatic heterocycles. The molecule has 1 saturated heterocycles. The highest BCUT2D eigenvalue weighted by atomic mass is 32.1. The van der Waals surface area contributed by atoms with E-state index in [-0.39, 0.29) is 41.3 Å². The van der Waals surface area contributed by atoms with Crippen LogP contribution in [0.3, 0.4) is 0 Å². The molecule has 2 amide bonds. The Kier molecular flexibility index (Phi) is 7.56. The number of esters is 1. The molecule has 0 bridgehead atoms. The van der Waals surface area contributed by atoms with Gasteiger partial charge in [0.25, 0.3) is 5.91 Å². The van der Waals surface area contributed by atoms with Gasteiger partial charge in [0.15, 0.2) is 0 Å². The summed E-state index contributed by atoms with van der Waals surface area (Å²) in [4.78, 5) is 46.4. The Morgan fingerprint density at radius 3 is 2.63 bits per heavy atom. The molecule has 2 N–H and O–H groups in total. The molecule has 9 heteroatoms. The number of nitrogens with zero attached hydrogens (tertiary/aromatic N) is 2. The Hall–Kier alpha value is -2.78. The Morgan fingerprint density at radius 2 is 1.94 bits per heavy atom. The fourth-order valence-electron chi connectivity index (χ4n) is 5.18. The van der Waals surface area contributed by atoms with Crippen LogP contribution in [0.4, 0.5) is 0 Å². The molecule has 3 heterocycles. The number of hydrogen-bond donors (Lipinski definition) is 2. The van der Waals surface area contributed by atoms with Crippen LogP contribution in [0.25, 0.3) is 10.6 Å². The van der Waals surface area contributed by atoms with Crippen molar-refractivity contribution in [1.82, 2.24) is 20.5 Å². The van der Waals surface area contributed by atoms with Gasteiger partial charge in [-0.25, -0.2) is 0 Å². The third-order valence-corrected chi connectivity index (χ3v) is 7.75. The van der Waals surface area contributed by atoms with E-state index in [0.29, 0.717) is 24.3 Å². The monoisotopic (exact) mass is 498 g/mol. The van der Waals surface area contributed by atoms with Crippen molar-refractivity contribution < 1.29 is 19.1 Å². The molecule has 188 valence electrons. The number of ether oxygens (including phenoxy) is 1. The third kappa shape index (κ3) is 5.90. The molecule has 4 rings (SSSR count). The maximum absolute atomic E-state index is 13.3. The summed E-state index contributed by atoms with van der Waals surface area (Å²) in [5.74, 6) is -1.05. The quantitative estimate of drug-likeness (QED) is 0.593. The first-order valence-corrected chi connectivity index (χ1v) is 13.0. The topological polar surface area (TPSA) is 101 Å². The van der Waals surface area contributed by atoms with Crippen LogP contribution in [0.15, 0.2) is 36.5 Å². The standard InChI is InChI=1S/C26H34N4O4S/c1-26(2,3)29-16-8-9-20(17(15-16)25(33)34-4)30-14-12-19(24(30)32)28-23(31)22-11-10-21(35-22)18-7-5-6-13-27-18/h5-7,10-11,13,16-17,19-20,29H,8-9,12,14-15H2,1-4H3,(H,28,31)/t16-,17-,19+,20+/m1/s1. The maximum Gasteiger partial charge on any atom is 0.310 e. The maximum atomic E-state index is 13.3. The molecule has 0 radical (unpaired) electrons. The molecule has 0 spiro atoms. The lowest BCUT2D eigenvalue weighted by molar-refractivity contribution is -0.151. The summed E-state index contributed by atoms with van der Waals surface area (Å²) in [6, 6.07) is 8.67. The number of methoxy groups -OCH3 is 1. The summed E-state index contributed by atoms with van der Waals surface area (Å²) >= 11 is 1.35. The zero-order valence-corrected chi connectivity index (χ0v) is 21.6. The largest absolute Gasteiger partial charge is 0.469 e. The molecule has 1 aliphatic heterocycles. The minimum absolute atomic E-state index is 0.0603. The van der Waals surface area contributed by atoms with E-state index in [1.807, 2.05) is 24.3 Å². The van der Waals surface area contributed by atoms with Gasteiger partial charge >= 0.3 is 5.97 Å². The van der Waals surface area contributed by atoms with Gasteiger partial charge in [-0.15, -0.1) is 11.3 Å². The van der Waals surface area contributed by atoms with Crippen LogP contribution in [0.5, 0.6) is 0 Å². The van der Waals surface area contributed by atoms with E-state index in [0.717, 1.165) is 23.4 Å².